The van der Waals surface area contributed by atoms with Gasteiger partial charge in [-0.25, -0.2) is 14.7 Å². The van der Waals surface area contributed by atoms with E-state index in [1.54, 1.807) is 6.92 Å². The van der Waals surface area contributed by atoms with E-state index in [1.807, 2.05) is 0 Å². The number of nitro benzene ring substituents is 1. The lowest BCUT2D eigenvalue weighted by Gasteiger charge is -2.36. The predicted molar refractivity (Wildman–Crippen MR) is 98.9 cm³/mol. The summed E-state index contributed by atoms with van der Waals surface area (Å²) in [5, 5.41) is 22.3. The third kappa shape index (κ3) is 3.79. The molecule has 1 aliphatic rings. The first-order chi connectivity index (χ1) is 13.2. The van der Waals surface area contributed by atoms with Crippen LogP contribution in [-0.4, -0.2) is 40.7 Å². The summed E-state index contributed by atoms with van der Waals surface area (Å²) in [6.45, 7) is 6.75. The van der Waals surface area contributed by atoms with Crippen molar-refractivity contribution in [3.8, 4) is 0 Å². The van der Waals surface area contributed by atoms with Gasteiger partial charge in [0.2, 0.25) is 0 Å². The number of allylic oxidation sites excluding steroid dienone is 2. The zero-order valence-corrected chi connectivity index (χ0v) is 15.7. The minimum absolute atomic E-state index is 0.0232. The van der Waals surface area contributed by atoms with E-state index in [4.69, 9.17) is 9.57 Å². The van der Waals surface area contributed by atoms with Crippen LogP contribution in [0.5, 0.6) is 0 Å². The average Bonchev–Trinajstić information content (AvgIpc) is 2.66. The van der Waals surface area contributed by atoms with Crippen molar-refractivity contribution in [2.24, 2.45) is 0 Å². The fourth-order valence-electron chi connectivity index (χ4n) is 3.16. The topological polar surface area (TPSA) is 119 Å². The molecule has 1 heterocycles. The number of nitro groups is 1. The number of carbonyl (C=O) groups excluding carboxylic acids is 1. The molecule has 28 heavy (non-hydrogen) atoms. The number of aliphatic carboxylic acids is 1. The molecule has 0 radical (unpaired) electrons. The standard InChI is InChI=1S/C19H20N2O7/c1-5-9-28-20-11(2)15(18(22)23)17(16(12(20)3)19(24)27-4)13-7-6-8-14(10-13)21(25)26/h5-8,10,17H,1,9H2,2-4H3,(H,22,23). The molecule has 1 aromatic carbocycles. The molecule has 2 rings (SSSR count). The van der Waals surface area contributed by atoms with Gasteiger partial charge in [0.05, 0.1) is 47.1 Å². The van der Waals surface area contributed by atoms with Gasteiger partial charge in [0, 0.05) is 12.1 Å². The van der Waals surface area contributed by atoms with Gasteiger partial charge in [-0.2, -0.15) is 0 Å². The van der Waals surface area contributed by atoms with Crippen molar-refractivity contribution in [1.29, 1.82) is 0 Å². The van der Waals surface area contributed by atoms with Crippen LogP contribution in [0.1, 0.15) is 25.3 Å². The second-order valence-electron chi connectivity index (χ2n) is 5.96. The number of hydroxylamine groups is 2. The Morgan fingerprint density at radius 2 is 1.96 bits per heavy atom. The number of ether oxygens (including phenoxy) is 1. The van der Waals surface area contributed by atoms with E-state index < -0.39 is 22.8 Å². The summed E-state index contributed by atoms with van der Waals surface area (Å²) in [6, 6.07) is 5.51. The Labute approximate surface area is 161 Å². The quantitative estimate of drug-likeness (QED) is 0.328. The molecule has 0 saturated heterocycles. The van der Waals surface area contributed by atoms with E-state index in [0.717, 1.165) is 0 Å². The molecule has 1 aromatic rings. The maximum atomic E-state index is 12.5. The molecule has 0 bridgehead atoms. The first kappa shape index (κ1) is 20.8. The molecule has 1 unspecified atom stereocenters. The predicted octanol–water partition coefficient (Wildman–Crippen LogP) is 2.92. The fraction of sp³-hybridized carbons (Fsp3) is 0.263. The van der Waals surface area contributed by atoms with Crippen molar-refractivity contribution in [3.63, 3.8) is 0 Å². The van der Waals surface area contributed by atoms with E-state index in [-0.39, 0.29) is 34.7 Å². The van der Waals surface area contributed by atoms with E-state index >= 15 is 0 Å². The first-order valence-corrected chi connectivity index (χ1v) is 8.26. The molecule has 0 fully saturated rings. The SMILES string of the molecule is C=CCON1C(C)=C(C(=O)O)C(c2cccc([N+](=O)[O-])c2)C(C(=O)OC)=C1C. The van der Waals surface area contributed by atoms with Crippen LogP contribution in [0, 0.1) is 10.1 Å². The monoisotopic (exact) mass is 388 g/mol. The van der Waals surface area contributed by atoms with E-state index in [0.29, 0.717) is 5.70 Å². The maximum Gasteiger partial charge on any atom is 0.336 e. The lowest BCUT2D eigenvalue weighted by atomic mass is 9.80. The van der Waals surface area contributed by atoms with Gasteiger partial charge in [-0.3, -0.25) is 15.0 Å². The first-order valence-electron chi connectivity index (χ1n) is 8.26. The lowest BCUT2D eigenvalue weighted by Crippen LogP contribution is -2.35. The molecule has 0 aromatic heterocycles. The largest absolute Gasteiger partial charge is 0.478 e. The number of methoxy groups -OCH3 is 1. The molecule has 1 atom stereocenters. The molecule has 0 amide bonds. The smallest absolute Gasteiger partial charge is 0.336 e. The number of carbonyl (C=O) groups is 2. The van der Waals surface area contributed by atoms with Gasteiger partial charge in [-0.1, -0.05) is 18.2 Å². The number of hydrogen-bond donors (Lipinski definition) is 1. The van der Waals surface area contributed by atoms with Crippen molar-refractivity contribution in [2.45, 2.75) is 19.8 Å². The highest BCUT2D eigenvalue weighted by Crippen LogP contribution is 2.43. The maximum absolute atomic E-state index is 12.5. The number of nitrogens with zero attached hydrogens (tertiary/aromatic N) is 2. The normalized spacial score (nSPS) is 16.8. The minimum Gasteiger partial charge on any atom is -0.478 e. The van der Waals surface area contributed by atoms with Crippen molar-refractivity contribution in [1.82, 2.24) is 5.06 Å². The van der Waals surface area contributed by atoms with Crippen molar-refractivity contribution < 1.29 is 29.2 Å². The van der Waals surface area contributed by atoms with Gasteiger partial charge >= 0.3 is 11.9 Å². The number of esters is 1. The third-order valence-electron chi connectivity index (χ3n) is 4.34. The van der Waals surface area contributed by atoms with Crippen LogP contribution in [0.15, 0.2) is 59.5 Å². The highest BCUT2D eigenvalue weighted by atomic mass is 16.7. The van der Waals surface area contributed by atoms with Gasteiger partial charge in [-0.05, 0) is 19.4 Å². The molecular formula is C19H20N2O7. The van der Waals surface area contributed by atoms with Gasteiger partial charge in [0.25, 0.3) is 5.69 Å². The fourth-order valence-corrected chi connectivity index (χ4v) is 3.16. The molecule has 148 valence electrons. The second-order valence-corrected chi connectivity index (χ2v) is 5.96. The van der Waals surface area contributed by atoms with Crippen molar-refractivity contribution in [3.05, 3.63) is 75.1 Å². The Morgan fingerprint density at radius 1 is 1.32 bits per heavy atom. The minimum atomic E-state index is -1.28. The molecule has 0 aliphatic carbocycles. The van der Waals surface area contributed by atoms with Crippen LogP contribution in [0.25, 0.3) is 0 Å². The zero-order valence-electron chi connectivity index (χ0n) is 15.7. The Kier molecular flexibility index (Phi) is 6.32. The number of carboxylic acids is 1. The highest BCUT2D eigenvalue weighted by Gasteiger charge is 2.40. The Balaban J connectivity index is 2.77. The number of non-ortho nitro benzene ring substituents is 1. The number of rotatable bonds is 7. The molecule has 1 aliphatic heterocycles. The van der Waals surface area contributed by atoms with Crippen molar-refractivity contribution >= 4 is 17.6 Å². The van der Waals surface area contributed by atoms with Crippen LogP contribution in [0.4, 0.5) is 5.69 Å². The average molecular weight is 388 g/mol. The van der Waals surface area contributed by atoms with Crippen LogP contribution >= 0.6 is 0 Å². The van der Waals surface area contributed by atoms with Crippen molar-refractivity contribution in [2.75, 3.05) is 13.7 Å². The summed E-state index contributed by atoms with van der Waals surface area (Å²) in [7, 11) is 1.17. The Bertz CT molecular complexity index is 901. The van der Waals surface area contributed by atoms with Gasteiger partial charge in [0.1, 0.15) is 0 Å². The third-order valence-corrected chi connectivity index (χ3v) is 4.34. The lowest BCUT2D eigenvalue weighted by molar-refractivity contribution is -0.384. The van der Waals surface area contributed by atoms with Gasteiger partial charge in [0.15, 0.2) is 0 Å². The molecule has 0 spiro atoms. The molecule has 9 heteroatoms. The van der Waals surface area contributed by atoms with E-state index in [2.05, 4.69) is 6.58 Å². The summed E-state index contributed by atoms with van der Waals surface area (Å²) in [5.74, 6) is -3.10. The summed E-state index contributed by atoms with van der Waals surface area (Å²) < 4.78 is 4.86. The summed E-state index contributed by atoms with van der Waals surface area (Å²) in [6.07, 6.45) is 1.48. The van der Waals surface area contributed by atoms with Crippen LogP contribution in [0.3, 0.4) is 0 Å². The van der Waals surface area contributed by atoms with E-state index in [1.165, 1.54) is 49.4 Å². The molecule has 0 saturated carbocycles. The van der Waals surface area contributed by atoms with Gasteiger partial charge in [-0.15, -0.1) is 6.58 Å². The Morgan fingerprint density at radius 3 is 2.50 bits per heavy atom. The molecule has 9 nitrogen and oxygen atoms in total. The second kappa shape index (κ2) is 8.49. The zero-order chi connectivity index (χ0) is 21.0. The summed E-state index contributed by atoms with van der Waals surface area (Å²) in [4.78, 5) is 40.7. The highest BCUT2D eigenvalue weighted by molar-refractivity contribution is 5.99. The van der Waals surface area contributed by atoms with Gasteiger partial charge < -0.3 is 9.84 Å². The molecular weight excluding hydrogens is 368 g/mol. The molecule has 1 N–H and O–H groups in total. The Hall–Kier alpha value is -3.46. The summed E-state index contributed by atoms with van der Waals surface area (Å²) >= 11 is 0. The number of carboxylic acid groups (broad SMARTS) is 1. The van der Waals surface area contributed by atoms with Crippen LogP contribution < -0.4 is 0 Å². The number of benzene rings is 1. The number of hydrogen-bond acceptors (Lipinski definition) is 7. The summed E-state index contributed by atoms with van der Waals surface area (Å²) in [5.41, 5.74) is 0.524. The van der Waals surface area contributed by atoms with E-state index in [9.17, 15) is 24.8 Å². The van der Waals surface area contributed by atoms with Crippen LogP contribution in [-0.2, 0) is 19.2 Å². The van der Waals surface area contributed by atoms with Crippen LogP contribution in [0.2, 0.25) is 0 Å².